The van der Waals surface area contributed by atoms with E-state index in [4.69, 9.17) is 33.4 Å². The quantitative estimate of drug-likeness (QED) is 0.685. The van der Waals surface area contributed by atoms with Gasteiger partial charge in [0, 0.05) is 19.6 Å². The summed E-state index contributed by atoms with van der Waals surface area (Å²) >= 11 is 12.2. The van der Waals surface area contributed by atoms with E-state index in [1.807, 2.05) is 6.92 Å². The Kier molecular flexibility index (Phi) is 7.23. The fraction of sp³-hybridized carbons (Fsp3) is 0.583. The minimum Gasteiger partial charge on any atom is -0.395 e. The lowest BCUT2D eigenvalue weighted by Gasteiger charge is -2.23. The Balaban J connectivity index is 3.02. The predicted octanol–water partition coefficient (Wildman–Crippen LogP) is 2.00. The lowest BCUT2D eigenvalue weighted by atomic mass is 10.3. The molecule has 0 amide bonds. The summed E-state index contributed by atoms with van der Waals surface area (Å²) in [6.07, 6.45) is 0.951. The monoisotopic (exact) mass is 307 g/mol. The molecule has 0 aliphatic carbocycles. The highest BCUT2D eigenvalue weighted by atomic mass is 35.5. The Labute approximate surface area is 123 Å². The van der Waals surface area contributed by atoms with Crippen LogP contribution in [-0.2, 0) is 0 Å². The second-order valence-electron chi connectivity index (χ2n) is 3.99. The first-order valence-electron chi connectivity index (χ1n) is 6.20. The van der Waals surface area contributed by atoms with Crippen molar-refractivity contribution in [1.82, 2.24) is 4.98 Å². The lowest BCUT2D eigenvalue weighted by Crippen LogP contribution is -2.31. The number of hydrogen-bond donors (Lipinski definition) is 3. The van der Waals surface area contributed by atoms with Crippen molar-refractivity contribution in [2.75, 3.05) is 43.1 Å². The molecule has 0 unspecified atom stereocenters. The molecule has 0 aromatic carbocycles. The number of anilines is 2. The Morgan fingerprint density at radius 3 is 2.37 bits per heavy atom. The molecule has 19 heavy (non-hydrogen) atoms. The third-order valence-electron chi connectivity index (χ3n) is 2.49. The normalized spacial score (nSPS) is 10.6. The van der Waals surface area contributed by atoms with E-state index in [2.05, 4.69) is 10.3 Å². The van der Waals surface area contributed by atoms with Crippen LogP contribution in [0.5, 0.6) is 0 Å². The van der Waals surface area contributed by atoms with Gasteiger partial charge >= 0.3 is 0 Å². The van der Waals surface area contributed by atoms with E-state index in [1.54, 1.807) is 11.0 Å². The molecule has 0 aliphatic rings. The molecule has 0 saturated carbocycles. The van der Waals surface area contributed by atoms with Crippen LogP contribution in [-0.4, -0.2) is 48.0 Å². The molecule has 1 aromatic heterocycles. The first-order valence-corrected chi connectivity index (χ1v) is 6.96. The number of aromatic nitrogens is 1. The van der Waals surface area contributed by atoms with E-state index in [1.165, 1.54) is 0 Å². The van der Waals surface area contributed by atoms with Crippen LogP contribution >= 0.6 is 23.2 Å². The number of halogens is 2. The molecular formula is C12H19Cl2N3O2. The highest BCUT2D eigenvalue weighted by molar-refractivity contribution is 6.37. The molecule has 0 fully saturated rings. The molecule has 3 N–H and O–H groups in total. The van der Waals surface area contributed by atoms with Gasteiger partial charge in [-0.25, -0.2) is 4.98 Å². The zero-order valence-corrected chi connectivity index (χ0v) is 12.4. The molecule has 0 bridgehead atoms. The molecule has 0 saturated heterocycles. The van der Waals surface area contributed by atoms with Gasteiger partial charge in [-0.15, -0.1) is 0 Å². The van der Waals surface area contributed by atoms with Gasteiger partial charge in [-0.3, -0.25) is 0 Å². The van der Waals surface area contributed by atoms with Crippen molar-refractivity contribution in [3.8, 4) is 0 Å². The van der Waals surface area contributed by atoms with Gasteiger partial charge in [-0.2, -0.15) is 0 Å². The summed E-state index contributed by atoms with van der Waals surface area (Å²) in [5.41, 5.74) is 0. The molecule has 1 rings (SSSR count). The average Bonchev–Trinajstić information content (AvgIpc) is 2.38. The van der Waals surface area contributed by atoms with Gasteiger partial charge in [0.25, 0.3) is 0 Å². The average molecular weight is 308 g/mol. The van der Waals surface area contributed by atoms with Gasteiger partial charge in [0.2, 0.25) is 0 Å². The lowest BCUT2D eigenvalue weighted by molar-refractivity contribution is 0.280. The van der Waals surface area contributed by atoms with Crippen LogP contribution < -0.4 is 10.2 Å². The van der Waals surface area contributed by atoms with Gasteiger partial charge in [0.15, 0.2) is 0 Å². The third-order valence-corrected chi connectivity index (χ3v) is 3.06. The van der Waals surface area contributed by atoms with Crippen molar-refractivity contribution >= 4 is 34.8 Å². The van der Waals surface area contributed by atoms with Gasteiger partial charge in [0.05, 0.1) is 23.3 Å². The summed E-state index contributed by atoms with van der Waals surface area (Å²) in [5, 5.41) is 22.1. The number of rotatable bonds is 8. The summed E-state index contributed by atoms with van der Waals surface area (Å²) < 4.78 is 0. The van der Waals surface area contributed by atoms with Gasteiger partial charge in [0.1, 0.15) is 11.6 Å². The van der Waals surface area contributed by atoms with Crippen LogP contribution in [0.3, 0.4) is 0 Å². The molecule has 108 valence electrons. The topological polar surface area (TPSA) is 68.6 Å². The Morgan fingerprint density at radius 2 is 1.84 bits per heavy atom. The maximum Gasteiger partial charge on any atom is 0.150 e. The first-order chi connectivity index (χ1) is 9.13. The zero-order chi connectivity index (χ0) is 14.3. The molecule has 0 atom stereocenters. The molecule has 1 heterocycles. The van der Waals surface area contributed by atoms with Crippen LogP contribution in [0, 0.1) is 0 Å². The van der Waals surface area contributed by atoms with E-state index < -0.39 is 0 Å². The Hall–Kier alpha value is -0.750. The second-order valence-corrected chi connectivity index (χ2v) is 4.80. The smallest absolute Gasteiger partial charge is 0.150 e. The number of aliphatic hydroxyl groups is 2. The van der Waals surface area contributed by atoms with E-state index in [-0.39, 0.29) is 13.2 Å². The van der Waals surface area contributed by atoms with E-state index >= 15 is 0 Å². The highest BCUT2D eigenvalue weighted by Gasteiger charge is 2.15. The van der Waals surface area contributed by atoms with Crippen molar-refractivity contribution in [3.63, 3.8) is 0 Å². The second kappa shape index (κ2) is 8.43. The highest BCUT2D eigenvalue weighted by Crippen LogP contribution is 2.31. The largest absolute Gasteiger partial charge is 0.395 e. The molecule has 1 aromatic rings. The molecule has 0 spiro atoms. The minimum atomic E-state index is -0.0433. The standard InChI is InChI=1S/C12H19Cl2N3O2/c1-2-3-15-11-9(13)8-10(14)12(16-11)17(4-6-18)5-7-19/h8,18-19H,2-7H2,1H3,(H,15,16). The van der Waals surface area contributed by atoms with Crippen LogP contribution in [0.4, 0.5) is 11.6 Å². The minimum absolute atomic E-state index is 0.0433. The van der Waals surface area contributed by atoms with Crippen molar-refractivity contribution in [2.45, 2.75) is 13.3 Å². The SMILES string of the molecule is CCCNc1nc(N(CCO)CCO)c(Cl)cc1Cl. The molecule has 0 aliphatic heterocycles. The van der Waals surface area contributed by atoms with Crippen molar-refractivity contribution in [3.05, 3.63) is 16.1 Å². The predicted molar refractivity (Wildman–Crippen MR) is 79.4 cm³/mol. The summed E-state index contributed by atoms with van der Waals surface area (Å²) in [7, 11) is 0. The number of nitrogens with one attached hydrogen (secondary N) is 1. The summed E-state index contributed by atoms with van der Waals surface area (Å²) in [4.78, 5) is 6.09. The van der Waals surface area contributed by atoms with Crippen LogP contribution in [0.15, 0.2) is 6.07 Å². The van der Waals surface area contributed by atoms with Crippen molar-refractivity contribution < 1.29 is 10.2 Å². The number of hydrogen-bond acceptors (Lipinski definition) is 5. The molecular weight excluding hydrogens is 289 g/mol. The van der Waals surface area contributed by atoms with Gasteiger partial charge in [-0.1, -0.05) is 30.1 Å². The molecule has 7 heteroatoms. The fourth-order valence-corrected chi connectivity index (χ4v) is 2.16. The van der Waals surface area contributed by atoms with Crippen LogP contribution in [0.25, 0.3) is 0 Å². The molecule has 5 nitrogen and oxygen atoms in total. The maximum atomic E-state index is 9.04. The van der Waals surface area contributed by atoms with Gasteiger partial charge in [-0.05, 0) is 12.5 Å². The zero-order valence-electron chi connectivity index (χ0n) is 10.9. The summed E-state index contributed by atoms with van der Waals surface area (Å²) in [6, 6.07) is 1.62. The van der Waals surface area contributed by atoms with E-state index in [9.17, 15) is 0 Å². The van der Waals surface area contributed by atoms with E-state index in [0.717, 1.165) is 13.0 Å². The number of nitrogens with zero attached hydrogens (tertiary/aromatic N) is 2. The number of aliphatic hydroxyl groups excluding tert-OH is 2. The maximum absolute atomic E-state index is 9.04. The summed E-state index contributed by atoms with van der Waals surface area (Å²) in [6.45, 7) is 3.41. The van der Waals surface area contributed by atoms with Crippen LogP contribution in [0.2, 0.25) is 10.0 Å². The van der Waals surface area contributed by atoms with Crippen LogP contribution in [0.1, 0.15) is 13.3 Å². The third kappa shape index (κ3) is 4.69. The number of pyridine rings is 1. The van der Waals surface area contributed by atoms with Crippen molar-refractivity contribution in [1.29, 1.82) is 0 Å². The fourth-order valence-electron chi connectivity index (χ4n) is 1.61. The van der Waals surface area contributed by atoms with E-state index in [0.29, 0.717) is 34.8 Å². The van der Waals surface area contributed by atoms with Gasteiger partial charge < -0.3 is 20.4 Å². The Bertz CT molecular complexity index is 399. The first kappa shape index (κ1) is 16.3. The van der Waals surface area contributed by atoms with Crippen molar-refractivity contribution in [2.24, 2.45) is 0 Å². The molecule has 0 radical (unpaired) electrons. The summed E-state index contributed by atoms with van der Waals surface area (Å²) in [5.74, 6) is 1.07. The Morgan fingerprint density at radius 1 is 1.21 bits per heavy atom.